The van der Waals surface area contributed by atoms with Crippen molar-refractivity contribution >= 4 is 17.5 Å². The van der Waals surface area contributed by atoms with E-state index < -0.39 is 10.9 Å². The number of nitrogens with zero attached hydrogens (tertiary/aromatic N) is 3. The first-order valence-electron chi connectivity index (χ1n) is 5.77. The molecule has 1 aromatic rings. The molecule has 1 aliphatic heterocycles. The number of carbonyl (C=O) groups excluding carboxylic acids is 1. The van der Waals surface area contributed by atoms with Gasteiger partial charge < -0.3 is 15.4 Å². The van der Waals surface area contributed by atoms with E-state index in [4.69, 9.17) is 5.73 Å². The minimum absolute atomic E-state index is 0.0387. The Morgan fingerprint density at radius 2 is 2.37 bits per heavy atom. The number of methoxy groups -OCH3 is 1. The van der Waals surface area contributed by atoms with Crippen molar-refractivity contribution in [3.63, 3.8) is 0 Å². The van der Waals surface area contributed by atoms with Gasteiger partial charge in [-0.3, -0.25) is 10.1 Å². The number of nitro groups is 1. The van der Waals surface area contributed by atoms with E-state index in [9.17, 15) is 14.9 Å². The van der Waals surface area contributed by atoms with Gasteiger partial charge in [0.05, 0.1) is 12.0 Å². The van der Waals surface area contributed by atoms with Crippen molar-refractivity contribution in [3.8, 4) is 0 Å². The van der Waals surface area contributed by atoms with Gasteiger partial charge in [0.25, 0.3) is 0 Å². The monoisotopic (exact) mass is 266 g/mol. The standard InChI is InChI=1S/C11H14N4O4/c1-19-11(16)8-2-3-9(15(17)18)10(13-8)14-5-4-7(12)6-14/h2-3,7H,4-6,12H2,1H3. The summed E-state index contributed by atoms with van der Waals surface area (Å²) in [5.41, 5.74) is 5.69. The molecule has 1 unspecified atom stereocenters. The first-order valence-corrected chi connectivity index (χ1v) is 5.77. The molecule has 0 radical (unpaired) electrons. The third-order valence-electron chi connectivity index (χ3n) is 2.97. The highest BCUT2D eigenvalue weighted by Gasteiger charge is 2.28. The van der Waals surface area contributed by atoms with E-state index in [1.165, 1.54) is 19.2 Å². The smallest absolute Gasteiger partial charge is 0.356 e. The van der Waals surface area contributed by atoms with Gasteiger partial charge in [0, 0.05) is 25.2 Å². The van der Waals surface area contributed by atoms with Gasteiger partial charge in [0.1, 0.15) is 0 Å². The highest BCUT2D eigenvalue weighted by Crippen LogP contribution is 2.28. The highest BCUT2D eigenvalue weighted by molar-refractivity contribution is 5.88. The van der Waals surface area contributed by atoms with Crippen LogP contribution in [0.25, 0.3) is 0 Å². The summed E-state index contributed by atoms with van der Waals surface area (Å²) in [5.74, 6) is -0.458. The summed E-state index contributed by atoms with van der Waals surface area (Å²) < 4.78 is 4.56. The van der Waals surface area contributed by atoms with E-state index in [1.807, 2.05) is 0 Å². The minimum atomic E-state index is -0.625. The van der Waals surface area contributed by atoms with Crippen LogP contribution in [0.2, 0.25) is 0 Å². The number of nitrogens with two attached hydrogens (primary N) is 1. The molecule has 2 heterocycles. The number of anilines is 1. The van der Waals surface area contributed by atoms with Crippen molar-refractivity contribution in [3.05, 3.63) is 27.9 Å². The molecule has 0 saturated carbocycles. The predicted molar refractivity (Wildman–Crippen MR) is 67.0 cm³/mol. The molecule has 0 aliphatic carbocycles. The lowest BCUT2D eigenvalue weighted by Crippen LogP contribution is -2.27. The maximum atomic E-state index is 11.4. The summed E-state index contributed by atoms with van der Waals surface area (Å²) in [5, 5.41) is 11.0. The Labute approximate surface area is 109 Å². The second-order valence-corrected chi connectivity index (χ2v) is 4.28. The zero-order valence-electron chi connectivity index (χ0n) is 10.4. The van der Waals surface area contributed by atoms with Crippen LogP contribution in [-0.2, 0) is 4.74 Å². The summed E-state index contributed by atoms with van der Waals surface area (Å²) in [6, 6.07) is 2.50. The van der Waals surface area contributed by atoms with Gasteiger partial charge in [-0.05, 0) is 12.5 Å². The Bertz CT molecular complexity index is 519. The summed E-state index contributed by atoms with van der Waals surface area (Å²) in [6.07, 6.45) is 0.737. The third kappa shape index (κ3) is 2.63. The number of aromatic nitrogens is 1. The number of esters is 1. The number of pyridine rings is 1. The second kappa shape index (κ2) is 5.19. The molecule has 19 heavy (non-hydrogen) atoms. The molecule has 8 nitrogen and oxygen atoms in total. The van der Waals surface area contributed by atoms with Crippen LogP contribution in [0.3, 0.4) is 0 Å². The quantitative estimate of drug-likeness (QED) is 0.476. The summed E-state index contributed by atoms with van der Waals surface area (Å²) in [6.45, 7) is 1.07. The first kappa shape index (κ1) is 13.2. The molecule has 0 spiro atoms. The van der Waals surface area contributed by atoms with Crippen LogP contribution in [0.4, 0.5) is 11.5 Å². The van der Waals surface area contributed by atoms with Crippen molar-refractivity contribution in [2.24, 2.45) is 5.73 Å². The molecule has 1 saturated heterocycles. The fourth-order valence-corrected chi connectivity index (χ4v) is 2.01. The molecule has 0 bridgehead atoms. The SMILES string of the molecule is COC(=O)c1ccc([N+](=O)[O-])c(N2CCC(N)C2)n1. The number of hydrogen-bond acceptors (Lipinski definition) is 7. The molecule has 1 aliphatic rings. The molecule has 1 aromatic heterocycles. The molecule has 1 fully saturated rings. The second-order valence-electron chi connectivity index (χ2n) is 4.28. The van der Waals surface area contributed by atoms with Crippen LogP contribution in [-0.4, -0.2) is 42.1 Å². The summed E-state index contributed by atoms with van der Waals surface area (Å²) in [4.78, 5) is 27.7. The molecule has 102 valence electrons. The van der Waals surface area contributed by atoms with Crippen LogP contribution in [0.15, 0.2) is 12.1 Å². The molecule has 8 heteroatoms. The number of carbonyl (C=O) groups is 1. The Morgan fingerprint density at radius 1 is 1.63 bits per heavy atom. The Morgan fingerprint density at radius 3 is 2.89 bits per heavy atom. The van der Waals surface area contributed by atoms with Gasteiger partial charge in [-0.1, -0.05) is 0 Å². The molecular formula is C11H14N4O4. The van der Waals surface area contributed by atoms with E-state index in [0.29, 0.717) is 13.1 Å². The van der Waals surface area contributed by atoms with E-state index in [1.54, 1.807) is 4.90 Å². The average molecular weight is 266 g/mol. The van der Waals surface area contributed by atoms with E-state index in [2.05, 4.69) is 9.72 Å². The molecule has 0 aromatic carbocycles. The van der Waals surface area contributed by atoms with Crippen LogP contribution < -0.4 is 10.6 Å². The fourth-order valence-electron chi connectivity index (χ4n) is 2.01. The normalized spacial score (nSPS) is 18.4. The maximum Gasteiger partial charge on any atom is 0.356 e. The Kier molecular flexibility index (Phi) is 3.61. The predicted octanol–water partition coefficient (Wildman–Crippen LogP) is 0.314. The Hall–Kier alpha value is -2.22. The van der Waals surface area contributed by atoms with Crippen molar-refractivity contribution in [2.75, 3.05) is 25.1 Å². The lowest BCUT2D eigenvalue weighted by molar-refractivity contribution is -0.384. The van der Waals surface area contributed by atoms with Gasteiger partial charge in [-0.15, -0.1) is 0 Å². The number of hydrogen-bond donors (Lipinski definition) is 1. The van der Waals surface area contributed by atoms with Gasteiger partial charge >= 0.3 is 11.7 Å². The Balaban J connectivity index is 2.42. The third-order valence-corrected chi connectivity index (χ3v) is 2.97. The lowest BCUT2D eigenvalue weighted by atomic mass is 10.3. The molecule has 2 rings (SSSR count). The summed E-state index contributed by atoms with van der Waals surface area (Å²) >= 11 is 0. The van der Waals surface area contributed by atoms with Crippen molar-refractivity contribution < 1.29 is 14.5 Å². The van der Waals surface area contributed by atoms with Gasteiger partial charge in [-0.2, -0.15) is 0 Å². The van der Waals surface area contributed by atoms with Gasteiger partial charge in [-0.25, -0.2) is 9.78 Å². The zero-order chi connectivity index (χ0) is 14.0. The summed E-state index contributed by atoms with van der Waals surface area (Å²) in [7, 11) is 1.23. The van der Waals surface area contributed by atoms with Crippen molar-refractivity contribution in [2.45, 2.75) is 12.5 Å². The average Bonchev–Trinajstić information content (AvgIpc) is 2.83. The van der Waals surface area contributed by atoms with Gasteiger partial charge in [0.2, 0.25) is 5.82 Å². The van der Waals surface area contributed by atoms with Crippen LogP contribution >= 0.6 is 0 Å². The number of rotatable bonds is 3. The maximum absolute atomic E-state index is 11.4. The first-order chi connectivity index (χ1) is 9.02. The largest absolute Gasteiger partial charge is 0.464 e. The van der Waals surface area contributed by atoms with Crippen LogP contribution in [0.5, 0.6) is 0 Å². The minimum Gasteiger partial charge on any atom is -0.464 e. The molecule has 2 N–H and O–H groups in total. The fraction of sp³-hybridized carbons (Fsp3) is 0.455. The van der Waals surface area contributed by atoms with Crippen LogP contribution in [0, 0.1) is 10.1 Å². The topological polar surface area (TPSA) is 112 Å². The number of ether oxygens (including phenoxy) is 1. The van der Waals surface area contributed by atoms with E-state index in [0.717, 1.165) is 6.42 Å². The molecule has 0 amide bonds. The van der Waals surface area contributed by atoms with Crippen molar-refractivity contribution in [1.82, 2.24) is 4.98 Å². The lowest BCUT2D eigenvalue weighted by Gasteiger charge is -2.17. The highest BCUT2D eigenvalue weighted by atomic mass is 16.6. The van der Waals surface area contributed by atoms with Crippen LogP contribution in [0.1, 0.15) is 16.9 Å². The zero-order valence-corrected chi connectivity index (χ0v) is 10.4. The van der Waals surface area contributed by atoms with E-state index in [-0.39, 0.29) is 23.2 Å². The molecular weight excluding hydrogens is 252 g/mol. The molecule has 1 atom stereocenters. The van der Waals surface area contributed by atoms with Gasteiger partial charge in [0.15, 0.2) is 5.69 Å². The van der Waals surface area contributed by atoms with E-state index >= 15 is 0 Å². The van der Waals surface area contributed by atoms with Crippen molar-refractivity contribution in [1.29, 1.82) is 0 Å².